The first-order valence-corrected chi connectivity index (χ1v) is 7.83. The second kappa shape index (κ2) is 9.21. The van der Waals surface area contributed by atoms with Gasteiger partial charge in [-0.15, -0.1) is 0 Å². The Kier molecular flexibility index (Phi) is 6.69. The molecule has 2 amide bonds. The Morgan fingerprint density at radius 3 is 2.44 bits per heavy atom. The van der Waals surface area contributed by atoms with E-state index in [1.165, 1.54) is 6.21 Å². The van der Waals surface area contributed by atoms with Gasteiger partial charge in [-0.2, -0.15) is 10.4 Å². The first kappa shape index (κ1) is 18.2. The fourth-order valence-electron chi connectivity index (χ4n) is 1.88. The summed E-state index contributed by atoms with van der Waals surface area (Å²) in [7, 11) is 0. The highest BCUT2D eigenvalue weighted by atomic mass is 35.5. The van der Waals surface area contributed by atoms with Crippen molar-refractivity contribution in [2.75, 3.05) is 5.32 Å². The fourth-order valence-corrected chi connectivity index (χ4v) is 2.06. The molecule has 0 atom stereocenters. The lowest BCUT2D eigenvalue weighted by Crippen LogP contribution is -2.20. The molecule has 0 spiro atoms. The minimum Gasteiger partial charge on any atom is -0.325 e. The molecule has 0 aliphatic carbocycles. The maximum atomic E-state index is 11.8. The van der Waals surface area contributed by atoms with Crippen molar-refractivity contribution in [2.45, 2.75) is 12.8 Å². The lowest BCUT2D eigenvalue weighted by Gasteiger charge is -2.06. The number of rotatable bonds is 6. The van der Waals surface area contributed by atoms with E-state index in [-0.39, 0.29) is 24.7 Å². The molecule has 2 aromatic rings. The lowest BCUT2D eigenvalue weighted by molar-refractivity contribution is -0.124. The van der Waals surface area contributed by atoms with Gasteiger partial charge >= 0.3 is 0 Å². The molecule has 0 fully saturated rings. The molecule has 2 N–H and O–H groups in total. The highest BCUT2D eigenvalue weighted by Gasteiger charge is 2.08. The number of para-hydroxylation sites is 1. The van der Waals surface area contributed by atoms with Gasteiger partial charge in [0, 0.05) is 12.8 Å². The zero-order chi connectivity index (χ0) is 18.1. The van der Waals surface area contributed by atoms with Crippen molar-refractivity contribution < 1.29 is 9.59 Å². The minimum atomic E-state index is -0.376. The molecule has 2 aromatic carbocycles. The molecule has 7 heteroatoms. The summed E-state index contributed by atoms with van der Waals surface area (Å²) < 4.78 is 0. The summed E-state index contributed by atoms with van der Waals surface area (Å²) in [4.78, 5) is 23.5. The third-order valence-corrected chi connectivity index (χ3v) is 3.50. The number of benzene rings is 2. The monoisotopic (exact) mass is 354 g/mol. The molecule has 0 aliphatic heterocycles. The number of hydrazone groups is 1. The molecule has 0 aromatic heterocycles. The van der Waals surface area contributed by atoms with E-state index >= 15 is 0 Å². The zero-order valence-electron chi connectivity index (χ0n) is 13.2. The molecule has 0 aliphatic rings. The Balaban J connectivity index is 1.74. The van der Waals surface area contributed by atoms with Crippen LogP contribution in [0.15, 0.2) is 53.6 Å². The van der Waals surface area contributed by atoms with Crippen molar-refractivity contribution in [3.63, 3.8) is 0 Å². The van der Waals surface area contributed by atoms with Crippen molar-refractivity contribution in [1.82, 2.24) is 5.43 Å². The molecule has 0 heterocycles. The second-order valence-corrected chi connectivity index (χ2v) is 5.46. The number of hydrogen-bond acceptors (Lipinski definition) is 4. The number of halogens is 1. The molecule has 6 nitrogen and oxygen atoms in total. The van der Waals surface area contributed by atoms with Crippen LogP contribution in [0.1, 0.15) is 24.0 Å². The molecule has 0 saturated carbocycles. The predicted octanol–water partition coefficient (Wildman–Crippen LogP) is 3.08. The van der Waals surface area contributed by atoms with Crippen LogP contribution in [0.2, 0.25) is 5.02 Å². The van der Waals surface area contributed by atoms with Crippen LogP contribution in [0.3, 0.4) is 0 Å². The summed E-state index contributed by atoms with van der Waals surface area (Å²) in [6.45, 7) is 0. The molecule has 126 valence electrons. The third kappa shape index (κ3) is 6.09. The Labute approximate surface area is 150 Å². The molecular weight excluding hydrogens is 340 g/mol. The van der Waals surface area contributed by atoms with Crippen molar-refractivity contribution in [1.29, 1.82) is 5.26 Å². The van der Waals surface area contributed by atoms with Crippen LogP contribution in [0.4, 0.5) is 5.69 Å². The summed E-state index contributed by atoms with van der Waals surface area (Å²) in [5.41, 5.74) is 4.15. The molecule has 0 bridgehead atoms. The van der Waals surface area contributed by atoms with Crippen molar-refractivity contribution >= 4 is 35.3 Å². The SMILES string of the molecule is N#Cc1ccc(C=NNC(=O)CCC(=O)Nc2ccccc2Cl)cc1. The van der Waals surface area contributed by atoms with Gasteiger partial charge in [0.05, 0.1) is 28.6 Å². The van der Waals surface area contributed by atoms with Crippen LogP contribution in [0.5, 0.6) is 0 Å². The van der Waals surface area contributed by atoms with E-state index in [9.17, 15) is 9.59 Å². The maximum absolute atomic E-state index is 11.8. The quantitative estimate of drug-likeness (QED) is 0.616. The number of nitrogens with zero attached hydrogens (tertiary/aromatic N) is 2. The van der Waals surface area contributed by atoms with Gasteiger partial charge in [0.2, 0.25) is 11.8 Å². The average molecular weight is 355 g/mol. The molecule has 0 saturated heterocycles. The molecule has 0 radical (unpaired) electrons. The van der Waals surface area contributed by atoms with Crippen LogP contribution in [-0.4, -0.2) is 18.0 Å². The third-order valence-electron chi connectivity index (χ3n) is 3.17. The highest BCUT2D eigenvalue weighted by molar-refractivity contribution is 6.33. The molecule has 0 unspecified atom stereocenters. The van der Waals surface area contributed by atoms with E-state index in [0.717, 1.165) is 5.56 Å². The number of nitrogens with one attached hydrogen (secondary N) is 2. The summed E-state index contributed by atoms with van der Waals surface area (Å²) in [6, 6.07) is 15.6. The summed E-state index contributed by atoms with van der Waals surface area (Å²) in [6.07, 6.45) is 1.48. The number of hydrogen-bond donors (Lipinski definition) is 2. The molecular formula is C18H15ClN4O2. The van der Waals surface area contributed by atoms with Gasteiger partial charge in [0.25, 0.3) is 0 Å². The Morgan fingerprint density at radius 1 is 1.08 bits per heavy atom. The van der Waals surface area contributed by atoms with Crippen LogP contribution in [-0.2, 0) is 9.59 Å². The fraction of sp³-hybridized carbons (Fsp3) is 0.111. The van der Waals surface area contributed by atoms with Crippen molar-refractivity contribution in [3.05, 3.63) is 64.7 Å². The minimum absolute atomic E-state index is 0.000988. The van der Waals surface area contributed by atoms with E-state index in [4.69, 9.17) is 16.9 Å². The Hall–Kier alpha value is -3.17. The first-order valence-electron chi connectivity index (χ1n) is 7.45. The number of nitriles is 1. The van der Waals surface area contributed by atoms with E-state index in [1.807, 2.05) is 6.07 Å². The summed E-state index contributed by atoms with van der Waals surface area (Å²) >= 11 is 5.95. The number of carbonyl (C=O) groups is 2. The topological polar surface area (TPSA) is 94.3 Å². The predicted molar refractivity (Wildman–Crippen MR) is 96.2 cm³/mol. The van der Waals surface area contributed by atoms with Crippen molar-refractivity contribution in [2.24, 2.45) is 5.10 Å². The summed E-state index contributed by atoms with van der Waals surface area (Å²) in [5.74, 6) is -0.682. The molecule has 2 rings (SSSR count). The Morgan fingerprint density at radius 2 is 1.76 bits per heavy atom. The van der Waals surface area contributed by atoms with Crippen LogP contribution >= 0.6 is 11.6 Å². The zero-order valence-corrected chi connectivity index (χ0v) is 14.0. The van der Waals surface area contributed by atoms with Crippen LogP contribution < -0.4 is 10.7 Å². The average Bonchev–Trinajstić information content (AvgIpc) is 2.62. The largest absolute Gasteiger partial charge is 0.325 e. The van der Waals surface area contributed by atoms with E-state index in [0.29, 0.717) is 16.3 Å². The van der Waals surface area contributed by atoms with Gasteiger partial charge in [0.1, 0.15) is 0 Å². The standard InChI is InChI=1S/C18H15ClN4O2/c19-15-3-1-2-4-16(15)22-17(24)9-10-18(25)23-21-12-14-7-5-13(11-20)6-8-14/h1-8,12H,9-10H2,(H,22,24)(H,23,25). The van der Waals surface area contributed by atoms with Crippen LogP contribution in [0.25, 0.3) is 0 Å². The van der Waals surface area contributed by atoms with Gasteiger partial charge < -0.3 is 5.32 Å². The summed E-state index contributed by atoms with van der Waals surface area (Å²) in [5, 5.41) is 15.6. The van der Waals surface area contributed by atoms with E-state index < -0.39 is 0 Å². The van der Waals surface area contributed by atoms with Gasteiger partial charge in [-0.05, 0) is 29.8 Å². The van der Waals surface area contributed by atoms with Crippen LogP contribution in [0, 0.1) is 11.3 Å². The first-order chi connectivity index (χ1) is 12.1. The number of anilines is 1. The lowest BCUT2D eigenvalue weighted by atomic mass is 10.2. The van der Waals surface area contributed by atoms with Gasteiger partial charge in [-0.25, -0.2) is 5.43 Å². The number of carbonyl (C=O) groups excluding carboxylic acids is 2. The Bertz CT molecular complexity index is 826. The van der Waals surface area contributed by atoms with Gasteiger partial charge in [0.15, 0.2) is 0 Å². The highest BCUT2D eigenvalue weighted by Crippen LogP contribution is 2.20. The van der Waals surface area contributed by atoms with Crippen molar-refractivity contribution in [3.8, 4) is 6.07 Å². The maximum Gasteiger partial charge on any atom is 0.240 e. The van der Waals surface area contributed by atoms with Gasteiger partial charge in [-0.3, -0.25) is 9.59 Å². The second-order valence-electron chi connectivity index (χ2n) is 5.06. The number of amides is 2. The molecule has 25 heavy (non-hydrogen) atoms. The van der Waals surface area contributed by atoms with E-state index in [2.05, 4.69) is 15.8 Å². The van der Waals surface area contributed by atoms with Gasteiger partial charge in [-0.1, -0.05) is 35.9 Å². The van der Waals surface area contributed by atoms with E-state index in [1.54, 1.807) is 48.5 Å². The normalized spacial score (nSPS) is 10.2. The smallest absolute Gasteiger partial charge is 0.240 e.